The molecule has 2 N–H and O–H groups in total. The van der Waals surface area contributed by atoms with Crippen molar-refractivity contribution in [2.24, 2.45) is 0 Å². The first-order chi connectivity index (χ1) is 16.1. The Morgan fingerprint density at radius 2 is 1.97 bits per heavy atom. The largest absolute Gasteiger partial charge is 0.372 e. The molecule has 2 aliphatic heterocycles. The zero-order chi connectivity index (χ0) is 22.7. The van der Waals surface area contributed by atoms with Gasteiger partial charge in [0.05, 0.1) is 17.4 Å². The molecule has 2 unspecified atom stereocenters. The van der Waals surface area contributed by atoms with Gasteiger partial charge < -0.3 is 9.72 Å². The average molecular weight is 440 g/mol. The number of carbonyl (C=O) groups is 3. The first kappa shape index (κ1) is 19.6. The lowest BCUT2D eigenvalue weighted by atomic mass is 9.93. The monoisotopic (exact) mass is 440 g/mol. The van der Waals surface area contributed by atoms with E-state index in [0.717, 1.165) is 32.8 Å². The molecule has 0 radical (unpaired) electrons. The normalized spacial score (nSPS) is 18.9. The minimum atomic E-state index is -0.712. The van der Waals surface area contributed by atoms with Crippen molar-refractivity contribution < 1.29 is 19.1 Å². The van der Waals surface area contributed by atoms with E-state index < -0.39 is 11.9 Å². The number of piperidine rings is 1. The molecule has 164 valence electrons. The van der Waals surface area contributed by atoms with Crippen molar-refractivity contribution >= 4 is 45.1 Å². The van der Waals surface area contributed by atoms with Crippen LogP contribution in [0, 0.1) is 0 Å². The average Bonchev–Trinajstić information content (AvgIpc) is 3.37. The van der Waals surface area contributed by atoms with Crippen LogP contribution in [-0.2, 0) is 14.3 Å². The van der Waals surface area contributed by atoms with Crippen LogP contribution in [-0.4, -0.2) is 40.8 Å². The Hall–Kier alpha value is -4.04. The second-order valence-corrected chi connectivity index (χ2v) is 8.33. The summed E-state index contributed by atoms with van der Waals surface area (Å²) < 4.78 is 5.96. The molecule has 2 aromatic carbocycles. The van der Waals surface area contributed by atoms with Crippen molar-refractivity contribution in [1.82, 2.24) is 15.3 Å². The van der Waals surface area contributed by atoms with Crippen molar-refractivity contribution in [3.05, 3.63) is 71.7 Å². The molecule has 2 aliphatic rings. The summed E-state index contributed by atoms with van der Waals surface area (Å²) in [6.07, 6.45) is 5.58. The number of imide groups is 1. The summed E-state index contributed by atoms with van der Waals surface area (Å²) in [4.78, 5) is 46.5. The quantitative estimate of drug-likeness (QED) is 0.474. The summed E-state index contributed by atoms with van der Waals surface area (Å²) >= 11 is 0. The Balaban J connectivity index is 1.51. The second kappa shape index (κ2) is 7.25. The van der Waals surface area contributed by atoms with Crippen molar-refractivity contribution in [2.75, 3.05) is 12.0 Å². The number of fused-ring (bicyclic) bond motifs is 1. The van der Waals surface area contributed by atoms with E-state index in [1.54, 1.807) is 25.6 Å². The van der Waals surface area contributed by atoms with E-state index in [1.165, 1.54) is 4.90 Å². The summed E-state index contributed by atoms with van der Waals surface area (Å²) in [5.74, 6) is -0.973. The number of benzene rings is 2. The molecule has 4 heterocycles. The number of amides is 3. The Morgan fingerprint density at radius 1 is 1.09 bits per heavy atom. The number of aromatic amines is 1. The van der Waals surface area contributed by atoms with Crippen LogP contribution in [0.15, 0.2) is 55.0 Å². The number of aromatic nitrogens is 2. The molecule has 4 aromatic rings. The Morgan fingerprint density at radius 3 is 2.79 bits per heavy atom. The van der Waals surface area contributed by atoms with Crippen molar-refractivity contribution in [3.8, 4) is 0 Å². The minimum absolute atomic E-state index is 0.207. The van der Waals surface area contributed by atoms with Gasteiger partial charge in [0.25, 0.3) is 5.91 Å². The molecule has 0 saturated carbocycles. The number of hydrogen-bond acceptors (Lipinski definition) is 5. The smallest absolute Gasteiger partial charge is 0.259 e. The van der Waals surface area contributed by atoms with Gasteiger partial charge in [0.1, 0.15) is 12.1 Å². The molecular weight excluding hydrogens is 420 g/mol. The number of ether oxygens (including phenoxy) is 1. The van der Waals surface area contributed by atoms with E-state index in [0.29, 0.717) is 17.7 Å². The van der Waals surface area contributed by atoms with E-state index >= 15 is 0 Å². The topological polar surface area (TPSA) is 104 Å². The SMILES string of the molecule is COC(c1c[nH]c2cnccc12)c1ccc2c3c(cccc13)C(=O)N2C1CCC(=O)NC1=O. The predicted molar refractivity (Wildman–Crippen MR) is 122 cm³/mol. The Bertz CT molecular complexity index is 1470. The number of H-pyrrole nitrogens is 1. The molecule has 8 nitrogen and oxygen atoms in total. The molecule has 3 amide bonds. The molecule has 1 saturated heterocycles. The molecular formula is C25H20N4O4. The number of rotatable bonds is 4. The van der Waals surface area contributed by atoms with Gasteiger partial charge >= 0.3 is 0 Å². The highest BCUT2D eigenvalue weighted by Gasteiger charge is 2.41. The first-order valence-electron chi connectivity index (χ1n) is 10.7. The molecule has 2 aromatic heterocycles. The third kappa shape index (κ3) is 2.81. The number of pyridine rings is 1. The van der Waals surface area contributed by atoms with Gasteiger partial charge in [-0.25, -0.2) is 0 Å². The van der Waals surface area contributed by atoms with Crippen molar-refractivity contribution in [1.29, 1.82) is 0 Å². The first-order valence-corrected chi connectivity index (χ1v) is 10.7. The van der Waals surface area contributed by atoms with Gasteiger partial charge in [-0.1, -0.05) is 18.2 Å². The highest BCUT2D eigenvalue weighted by molar-refractivity contribution is 6.27. The van der Waals surface area contributed by atoms with Crippen LogP contribution < -0.4 is 10.2 Å². The fraction of sp³-hybridized carbons (Fsp3) is 0.200. The van der Waals surface area contributed by atoms with Gasteiger partial charge in [0, 0.05) is 47.8 Å². The second-order valence-electron chi connectivity index (χ2n) is 8.33. The van der Waals surface area contributed by atoms with E-state index in [9.17, 15) is 14.4 Å². The van der Waals surface area contributed by atoms with Crippen LogP contribution in [0.1, 0.15) is 40.4 Å². The minimum Gasteiger partial charge on any atom is -0.372 e. The molecule has 1 fully saturated rings. The van der Waals surface area contributed by atoms with Crippen LogP contribution in [0.3, 0.4) is 0 Å². The van der Waals surface area contributed by atoms with E-state index in [4.69, 9.17) is 4.74 Å². The standard InChI is InChI=1S/C25H20N4O4/c1-33-23(17-11-27-18-12-26-10-9-13(17)18)15-5-6-19-22-14(15)3-2-4-16(22)25(32)29(19)20-7-8-21(30)28-24(20)31/h2-6,9-12,20,23,27H,7-8H2,1H3,(H,28,30,31). The zero-order valence-corrected chi connectivity index (χ0v) is 17.8. The lowest BCUT2D eigenvalue weighted by Crippen LogP contribution is -2.53. The summed E-state index contributed by atoms with van der Waals surface area (Å²) in [7, 11) is 1.66. The number of nitrogens with one attached hydrogen (secondary N) is 2. The summed E-state index contributed by atoms with van der Waals surface area (Å²) in [5.41, 5.74) is 4.05. The van der Waals surface area contributed by atoms with Gasteiger partial charge in [-0.2, -0.15) is 0 Å². The maximum atomic E-state index is 13.4. The summed E-state index contributed by atoms with van der Waals surface area (Å²) in [6, 6.07) is 10.7. The summed E-state index contributed by atoms with van der Waals surface area (Å²) in [6.45, 7) is 0. The molecule has 0 spiro atoms. The maximum absolute atomic E-state index is 13.4. The number of nitrogens with zero attached hydrogens (tertiary/aromatic N) is 2. The van der Waals surface area contributed by atoms with Crippen LogP contribution in [0.5, 0.6) is 0 Å². The van der Waals surface area contributed by atoms with Crippen molar-refractivity contribution in [3.63, 3.8) is 0 Å². The van der Waals surface area contributed by atoms with Gasteiger partial charge in [-0.15, -0.1) is 0 Å². The third-order valence-electron chi connectivity index (χ3n) is 6.60. The van der Waals surface area contributed by atoms with E-state index in [-0.39, 0.29) is 24.3 Å². The van der Waals surface area contributed by atoms with Gasteiger partial charge in [0.15, 0.2) is 0 Å². The van der Waals surface area contributed by atoms with Gasteiger partial charge in [0.2, 0.25) is 11.8 Å². The number of carbonyl (C=O) groups excluding carboxylic acids is 3. The zero-order valence-electron chi connectivity index (χ0n) is 17.8. The fourth-order valence-corrected chi connectivity index (χ4v) is 5.13. The van der Waals surface area contributed by atoms with Crippen LogP contribution in [0.4, 0.5) is 5.69 Å². The molecule has 6 rings (SSSR count). The van der Waals surface area contributed by atoms with E-state index in [2.05, 4.69) is 15.3 Å². The molecule has 0 bridgehead atoms. The van der Waals surface area contributed by atoms with Gasteiger partial charge in [-0.3, -0.25) is 29.6 Å². The molecule has 0 aliphatic carbocycles. The summed E-state index contributed by atoms with van der Waals surface area (Å²) in [5, 5.41) is 5.07. The highest BCUT2D eigenvalue weighted by Crippen LogP contribution is 2.44. The Kier molecular flexibility index (Phi) is 4.31. The molecule has 33 heavy (non-hydrogen) atoms. The van der Waals surface area contributed by atoms with Crippen LogP contribution in [0.2, 0.25) is 0 Å². The fourth-order valence-electron chi connectivity index (χ4n) is 5.13. The number of hydrogen-bond donors (Lipinski definition) is 2. The third-order valence-corrected chi connectivity index (χ3v) is 6.60. The molecule has 8 heteroatoms. The van der Waals surface area contributed by atoms with Gasteiger partial charge in [-0.05, 0) is 35.6 Å². The lowest BCUT2D eigenvalue weighted by molar-refractivity contribution is -0.134. The van der Waals surface area contributed by atoms with E-state index in [1.807, 2.05) is 36.5 Å². The predicted octanol–water partition coefficient (Wildman–Crippen LogP) is 3.22. The lowest BCUT2D eigenvalue weighted by Gasteiger charge is -2.30. The number of anilines is 1. The van der Waals surface area contributed by atoms with Crippen LogP contribution >= 0.6 is 0 Å². The highest BCUT2D eigenvalue weighted by atomic mass is 16.5. The Labute approximate surface area is 188 Å². The van der Waals surface area contributed by atoms with Crippen LogP contribution in [0.25, 0.3) is 21.7 Å². The maximum Gasteiger partial charge on any atom is 0.259 e. The number of methoxy groups -OCH3 is 1. The van der Waals surface area contributed by atoms with Crippen molar-refractivity contribution in [2.45, 2.75) is 25.0 Å². The molecule has 2 atom stereocenters.